The van der Waals surface area contributed by atoms with Crippen molar-refractivity contribution in [1.29, 1.82) is 5.26 Å². The van der Waals surface area contributed by atoms with Gasteiger partial charge in [-0.2, -0.15) is 15.2 Å². The van der Waals surface area contributed by atoms with Gasteiger partial charge < -0.3 is 24.7 Å². The van der Waals surface area contributed by atoms with Gasteiger partial charge in [-0.15, -0.1) is 0 Å². The number of hydrogen-bond acceptors (Lipinski definition) is 9. The van der Waals surface area contributed by atoms with Crippen LogP contribution in [0.2, 0.25) is 0 Å². The summed E-state index contributed by atoms with van der Waals surface area (Å²) in [5.41, 5.74) is 10.9. The van der Waals surface area contributed by atoms with Crippen LogP contribution in [0.1, 0.15) is 61.9 Å². The summed E-state index contributed by atoms with van der Waals surface area (Å²) < 4.78 is 29.9. The molecule has 3 fully saturated rings. The minimum atomic E-state index is -0.818. The highest BCUT2D eigenvalue weighted by Crippen LogP contribution is 2.51. The van der Waals surface area contributed by atoms with Crippen LogP contribution in [-0.2, 0) is 24.8 Å². The summed E-state index contributed by atoms with van der Waals surface area (Å²) in [4.78, 5) is 18.9. The smallest absolute Gasteiger partial charge is 0.318 e. The molecule has 2 aromatic heterocycles. The topological polar surface area (TPSA) is 118 Å². The number of alkyl halides is 1. The third-order valence-electron chi connectivity index (χ3n) is 11.3. The molecule has 8 rings (SSSR count). The second kappa shape index (κ2) is 10.4. The van der Waals surface area contributed by atoms with E-state index in [1.54, 1.807) is 0 Å². The lowest BCUT2D eigenvalue weighted by molar-refractivity contribution is -0.0604. The zero-order valence-electron chi connectivity index (χ0n) is 25.6. The lowest BCUT2D eigenvalue weighted by Gasteiger charge is -2.49. The molecule has 44 heavy (non-hydrogen) atoms. The molecule has 2 aromatic rings. The summed E-state index contributed by atoms with van der Waals surface area (Å²) >= 11 is 0. The standard InChI is InChI=1S/C33H41FN8O2/c1-20-6-8-33(29-23(20)4-5-26(36)24(29)12-35)11-27-25(17-44-33)30(41-14-21(15-41)28-13-37-19-40(28)2)39-31(38-27)43-18-32-7-3-9-42(32)16-22(34)10-32/h4-5,13,19-22,24,26H,3,6-11,14-18,36H2,1-2H3. The van der Waals surface area contributed by atoms with Crippen LogP contribution in [0.5, 0.6) is 6.01 Å². The van der Waals surface area contributed by atoms with Crippen molar-refractivity contribution in [3.63, 3.8) is 0 Å². The number of anilines is 1. The van der Waals surface area contributed by atoms with Gasteiger partial charge in [-0.05, 0) is 49.3 Å². The molecule has 2 N–H and O–H groups in total. The Bertz CT molecular complexity index is 1580. The molecule has 6 aliphatic rings. The van der Waals surface area contributed by atoms with Crippen LogP contribution < -0.4 is 15.4 Å². The average molecular weight is 601 g/mol. The quantitative estimate of drug-likeness (QED) is 0.551. The van der Waals surface area contributed by atoms with E-state index in [2.05, 4.69) is 38.4 Å². The highest BCUT2D eigenvalue weighted by Gasteiger charge is 2.51. The fourth-order valence-corrected chi connectivity index (χ4v) is 8.88. The number of fused-ring (bicyclic) bond motifs is 3. The first-order valence-electron chi connectivity index (χ1n) is 16.1. The molecule has 0 bridgehead atoms. The fraction of sp³-hybridized carbons (Fsp3) is 0.636. The second-order valence-corrected chi connectivity index (χ2v) is 14.0. The van der Waals surface area contributed by atoms with Crippen LogP contribution in [-0.4, -0.2) is 80.6 Å². The number of aromatic nitrogens is 4. The van der Waals surface area contributed by atoms with Gasteiger partial charge in [-0.1, -0.05) is 19.1 Å². The Morgan fingerprint density at radius 1 is 1.25 bits per heavy atom. The monoisotopic (exact) mass is 600 g/mol. The Hall–Kier alpha value is -3.33. The van der Waals surface area contributed by atoms with Crippen LogP contribution in [0.25, 0.3) is 0 Å². The van der Waals surface area contributed by atoms with E-state index in [1.165, 1.54) is 11.3 Å². The van der Waals surface area contributed by atoms with E-state index in [0.29, 0.717) is 50.4 Å². The van der Waals surface area contributed by atoms with Crippen LogP contribution in [0, 0.1) is 23.2 Å². The maximum Gasteiger partial charge on any atom is 0.318 e. The predicted octanol–water partition coefficient (Wildman–Crippen LogP) is 3.34. The van der Waals surface area contributed by atoms with E-state index >= 15 is 0 Å². The van der Waals surface area contributed by atoms with Crippen molar-refractivity contribution >= 4 is 5.82 Å². The zero-order chi connectivity index (χ0) is 30.2. The van der Waals surface area contributed by atoms with Crippen molar-refractivity contribution < 1.29 is 13.9 Å². The number of ether oxygens (including phenoxy) is 2. The lowest BCUT2D eigenvalue weighted by atomic mass is 9.64. The Labute approximate surface area is 257 Å². The lowest BCUT2D eigenvalue weighted by Crippen LogP contribution is -2.51. The normalized spacial score (nSPS) is 34.9. The van der Waals surface area contributed by atoms with Gasteiger partial charge in [-0.3, -0.25) is 4.90 Å². The molecule has 6 atom stereocenters. The van der Waals surface area contributed by atoms with Crippen molar-refractivity contribution in [1.82, 2.24) is 24.4 Å². The molecule has 2 aliphatic carbocycles. The van der Waals surface area contributed by atoms with Crippen LogP contribution in [0.4, 0.5) is 10.2 Å². The highest BCUT2D eigenvalue weighted by molar-refractivity contribution is 5.56. The maximum atomic E-state index is 14.5. The van der Waals surface area contributed by atoms with Crippen molar-refractivity contribution in [2.45, 2.75) is 81.3 Å². The van der Waals surface area contributed by atoms with E-state index in [-0.39, 0.29) is 11.6 Å². The minimum absolute atomic E-state index is 0.283. The molecule has 1 spiro atoms. The molecule has 10 nitrogen and oxygen atoms in total. The number of hydrogen-bond donors (Lipinski definition) is 1. The summed E-state index contributed by atoms with van der Waals surface area (Å²) in [7, 11) is 2.03. The Kier molecular flexibility index (Phi) is 6.63. The third-order valence-corrected chi connectivity index (χ3v) is 11.3. The number of allylic oxidation sites excluding steroid dienone is 2. The van der Waals surface area contributed by atoms with E-state index in [9.17, 15) is 9.65 Å². The summed E-state index contributed by atoms with van der Waals surface area (Å²) in [6, 6.07) is 2.49. The van der Waals surface area contributed by atoms with Crippen LogP contribution >= 0.6 is 0 Å². The molecule has 4 aliphatic heterocycles. The molecular formula is C33H41FN8O2. The van der Waals surface area contributed by atoms with Gasteiger partial charge in [0, 0.05) is 68.9 Å². The predicted molar refractivity (Wildman–Crippen MR) is 162 cm³/mol. The van der Waals surface area contributed by atoms with Gasteiger partial charge in [-0.25, -0.2) is 9.37 Å². The molecule has 0 amide bonds. The number of rotatable bonds is 5. The highest BCUT2D eigenvalue weighted by atomic mass is 19.1. The summed E-state index contributed by atoms with van der Waals surface area (Å²) in [5.74, 6) is 1.11. The molecule has 232 valence electrons. The van der Waals surface area contributed by atoms with Gasteiger partial charge in [0.25, 0.3) is 0 Å². The van der Waals surface area contributed by atoms with E-state index in [4.69, 9.17) is 25.2 Å². The second-order valence-electron chi connectivity index (χ2n) is 14.0. The first-order valence-corrected chi connectivity index (χ1v) is 16.1. The zero-order valence-corrected chi connectivity index (χ0v) is 25.6. The average Bonchev–Trinajstić information content (AvgIpc) is 3.66. The first-order chi connectivity index (χ1) is 21.3. The minimum Gasteiger partial charge on any atom is -0.461 e. The number of aryl methyl sites for hydroxylation is 1. The number of nitrogens with zero attached hydrogens (tertiary/aromatic N) is 7. The number of halogens is 1. The summed E-state index contributed by atoms with van der Waals surface area (Å²) in [6.07, 6.45) is 11.8. The van der Waals surface area contributed by atoms with Gasteiger partial charge in [0.05, 0.1) is 41.8 Å². The maximum absolute atomic E-state index is 14.5. The first kappa shape index (κ1) is 28.2. The summed E-state index contributed by atoms with van der Waals surface area (Å²) in [5, 5.41) is 10.2. The molecular weight excluding hydrogens is 559 g/mol. The van der Waals surface area contributed by atoms with Crippen LogP contribution in [0.15, 0.2) is 35.8 Å². The fourth-order valence-electron chi connectivity index (χ4n) is 8.88. The van der Waals surface area contributed by atoms with Crippen molar-refractivity contribution in [3.8, 4) is 12.1 Å². The molecule has 3 saturated heterocycles. The van der Waals surface area contributed by atoms with Gasteiger partial charge in [0.15, 0.2) is 0 Å². The number of nitrogens with two attached hydrogens (primary N) is 1. The molecule has 0 saturated carbocycles. The number of nitriles is 1. The SMILES string of the molecule is CC1CCC2(Cc3nc(OCC45CCCN4CC(F)C5)nc(N4CC(c5cncn5C)C4)c3CO2)C2=C1C=CC(N)C2C#N. The van der Waals surface area contributed by atoms with E-state index in [1.807, 2.05) is 25.6 Å². The Morgan fingerprint density at radius 2 is 2.11 bits per heavy atom. The number of imidazole rings is 1. The Balaban J connectivity index is 1.14. The van der Waals surface area contributed by atoms with Gasteiger partial charge >= 0.3 is 6.01 Å². The van der Waals surface area contributed by atoms with Crippen molar-refractivity contribution in [2.75, 3.05) is 37.7 Å². The van der Waals surface area contributed by atoms with Crippen LogP contribution in [0.3, 0.4) is 0 Å². The third kappa shape index (κ3) is 4.32. The van der Waals surface area contributed by atoms with Gasteiger partial charge in [0.1, 0.15) is 18.6 Å². The Morgan fingerprint density at radius 3 is 2.91 bits per heavy atom. The molecule has 6 unspecified atom stereocenters. The molecule has 0 aromatic carbocycles. The largest absolute Gasteiger partial charge is 0.461 e. The molecule has 11 heteroatoms. The van der Waals surface area contributed by atoms with Crippen molar-refractivity contribution in [2.24, 2.45) is 24.6 Å². The molecule has 0 radical (unpaired) electrons. The summed E-state index contributed by atoms with van der Waals surface area (Å²) in [6.45, 7) is 6.00. The molecule has 6 heterocycles. The van der Waals surface area contributed by atoms with E-state index < -0.39 is 17.7 Å². The van der Waals surface area contributed by atoms with Gasteiger partial charge in [0.2, 0.25) is 0 Å². The van der Waals surface area contributed by atoms with E-state index in [0.717, 1.165) is 68.0 Å². The van der Waals surface area contributed by atoms with Crippen molar-refractivity contribution in [3.05, 3.63) is 52.8 Å².